The fraction of sp³-hybridized carbons (Fsp3) is 0.800. The van der Waals surface area contributed by atoms with Gasteiger partial charge in [0.1, 0.15) is 6.10 Å². The average Bonchev–Trinajstić information content (AvgIpc) is 2.73. The van der Waals surface area contributed by atoms with Crippen LogP contribution in [0.3, 0.4) is 0 Å². The Labute approximate surface area is 197 Å². The fourth-order valence-corrected chi connectivity index (χ4v) is 4.80. The van der Waals surface area contributed by atoms with Gasteiger partial charge in [-0.1, -0.05) is 26.8 Å². The summed E-state index contributed by atoms with van der Waals surface area (Å²) in [4.78, 5) is 39.9. The summed E-state index contributed by atoms with van der Waals surface area (Å²) in [6.07, 6.45) is 0.639. The van der Waals surface area contributed by atoms with Crippen LogP contribution in [-0.4, -0.2) is 78.4 Å². The molecule has 0 bridgehead atoms. The Kier molecular flexibility index (Phi) is 9.79. The van der Waals surface area contributed by atoms with E-state index < -0.39 is 42.4 Å². The fourth-order valence-electron chi connectivity index (χ4n) is 4.80. The van der Waals surface area contributed by atoms with E-state index in [2.05, 4.69) is 0 Å². The summed E-state index contributed by atoms with van der Waals surface area (Å²) >= 11 is 0. The van der Waals surface area contributed by atoms with Crippen molar-refractivity contribution in [2.75, 3.05) is 14.1 Å². The quantitative estimate of drug-likeness (QED) is 0.629. The van der Waals surface area contributed by atoms with Crippen molar-refractivity contribution < 1.29 is 33.7 Å². The van der Waals surface area contributed by atoms with Crippen LogP contribution in [0.5, 0.6) is 0 Å². The van der Waals surface area contributed by atoms with Crippen molar-refractivity contribution in [3.05, 3.63) is 12.2 Å². The van der Waals surface area contributed by atoms with Crippen LogP contribution in [0.4, 0.5) is 0 Å². The van der Waals surface area contributed by atoms with Gasteiger partial charge in [0, 0.05) is 17.9 Å². The van der Waals surface area contributed by atoms with E-state index in [1.54, 1.807) is 19.9 Å². The smallest absolute Gasteiger partial charge is 0.312 e. The number of hydrogen-bond donors (Lipinski definition) is 1. The SMILES string of the molecule is CC(=O)[C@H]1OC(=O)[C@H](C)[C@@H](OC2O[C@H](C)C[C@H](N(C)C)[C@H]2O)[C@@H](C)C[C@@H](C)C(=O)C=C[C@H]1C. The van der Waals surface area contributed by atoms with Crippen molar-refractivity contribution in [3.8, 4) is 0 Å². The lowest BCUT2D eigenvalue weighted by Crippen LogP contribution is -2.56. The van der Waals surface area contributed by atoms with Gasteiger partial charge >= 0.3 is 5.97 Å². The molecule has 10 atom stereocenters. The number of aliphatic hydroxyl groups excluding tert-OH is 1. The van der Waals surface area contributed by atoms with E-state index in [0.29, 0.717) is 12.8 Å². The molecule has 1 saturated heterocycles. The molecule has 2 rings (SSSR count). The maximum atomic E-state index is 13.1. The van der Waals surface area contributed by atoms with Crippen LogP contribution in [0.25, 0.3) is 0 Å². The third-order valence-electron chi connectivity index (χ3n) is 6.89. The Balaban J connectivity index is 2.36. The summed E-state index contributed by atoms with van der Waals surface area (Å²) in [5.74, 6) is -2.55. The minimum absolute atomic E-state index is 0.0513. The molecule has 0 radical (unpaired) electrons. The van der Waals surface area contributed by atoms with E-state index in [-0.39, 0.29) is 35.5 Å². The molecule has 33 heavy (non-hydrogen) atoms. The first-order valence-corrected chi connectivity index (χ1v) is 11.9. The molecule has 2 aliphatic rings. The van der Waals surface area contributed by atoms with Crippen molar-refractivity contribution in [3.63, 3.8) is 0 Å². The summed E-state index contributed by atoms with van der Waals surface area (Å²) < 4.78 is 17.8. The minimum atomic E-state index is -0.982. The lowest BCUT2D eigenvalue weighted by molar-refractivity contribution is -0.279. The molecule has 0 spiro atoms. The molecule has 1 fully saturated rings. The van der Waals surface area contributed by atoms with Crippen LogP contribution in [0.2, 0.25) is 0 Å². The van der Waals surface area contributed by atoms with Gasteiger partial charge in [-0.25, -0.2) is 0 Å². The highest BCUT2D eigenvalue weighted by Gasteiger charge is 2.43. The topological polar surface area (TPSA) is 102 Å². The summed E-state index contributed by atoms with van der Waals surface area (Å²) in [5, 5.41) is 10.9. The van der Waals surface area contributed by atoms with Crippen LogP contribution in [0.15, 0.2) is 12.2 Å². The largest absolute Gasteiger partial charge is 0.453 e. The second kappa shape index (κ2) is 11.7. The molecule has 0 amide bonds. The van der Waals surface area contributed by atoms with Crippen molar-refractivity contribution >= 4 is 17.5 Å². The van der Waals surface area contributed by atoms with Crippen molar-refractivity contribution in [1.82, 2.24) is 4.90 Å². The molecule has 0 aromatic heterocycles. The molecule has 0 aromatic carbocycles. The highest BCUT2D eigenvalue weighted by atomic mass is 16.7. The standard InChI is InChI=1S/C25H41NO7/c1-13-9-10-20(28)14(2)11-15(3)22(17(5)24(30)32-23(13)18(6)27)33-25-21(29)19(26(7)8)12-16(4)31-25/h9-10,13-17,19,21-23,25,29H,11-12H2,1-8H3/t13-,14-,15+,16-,17-,19+,21-,22+,23+,25?/m1/s1. The first-order valence-electron chi connectivity index (χ1n) is 11.9. The van der Waals surface area contributed by atoms with E-state index in [9.17, 15) is 19.5 Å². The number of ketones is 2. The number of rotatable bonds is 4. The van der Waals surface area contributed by atoms with Crippen molar-refractivity contribution in [1.29, 1.82) is 0 Å². The lowest BCUT2D eigenvalue weighted by atomic mass is 9.84. The predicted molar refractivity (Wildman–Crippen MR) is 123 cm³/mol. The molecule has 188 valence electrons. The Bertz CT molecular complexity index is 736. The highest BCUT2D eigenvalue weighted by Crippen LogP contribution is 2.32. The molecule has 0 aromatic rings. The molecule has 0 aliphatic carbocycles. The second-order valence-electron chi connectivity index (χ2n) is 10.2. The number of carbonyl (C=O) groups is 3. The van der Waals surface area contributed by atoms with Gasteiger partial charge in [-0.15, -0.1) is 0 Å². The number of nitrogens with zero attached hydrogens (tertiary/aromatic N) is 1. The zero-order valence-corrected chi connectivity index (χ0v) is 21.2. The molecule has 8 heteroatoms. The van der Waals surface area contributed by atoms with Crippen LogP contribution in [-0.2, 0) is 28.6 Å². The first kappa shape index (κ1) is 27.6. The Morgan fingerprint density at radius 1 is 1.12 bits per heavy atom. The number of likely N-dealkylation sites (N-methyl/N-ethyl adjacent to an activating group) is 1. The lowest BCUT2D eigenvalue weighted by Gasteiger charge is -2.43. The van der Waals surface area contributed by atoms with Crippen LogP contribution in [0.1, 0.15) is 54.4 Å². The normalized spacial score (nSPS) is 41.3. The Morgan fingerprint density at radius 3 is 2.33 bits per heavy atom. The van der Waals surface area contributed by atoms with Gasteiger partial charge in [-0.2, -0.15) is 0 Å². The third kappa shape index (κ3) is 6.94. The molecular weight excluding hydrogens is 426 g/mol. The molecule has 8 nitrogen and oxygen atoms in total. The molecule has 1 unspecified atom stereocenters. The summed E-state index contributed by atoms with van der Waals surface area (Å²) in [6.45, 7) is 10.5. The zero-order valence-electron chi connectivity index (χ0n) is 21.2. The Hall–Kier alpha value is -1.61. The number of hydrogen-bond acceptors (Lipinski definition) is 8. The first-order chi connectivity index (χ1) is 15.3. The number of cyclic esters (lactones) is 1. The highest BCUT2D eigenvalue weighted by molar-refractivity contribution is 5.92. The number of allylic oxidation sites excluding steroid dienone is 1. The Morgan fingerprint density at radius 2 is 1.76 bits per heavy atom. The molecule has 2 heterocycles. The van der Waals surface area contributed by atoms with Gasteiger partial charge in [0.25, 0.3) is 0 Å². The summed E-state index contributed by atoms with van der Waals surface area (Å²) in [6, 6.07) is -0.156. The van der Waals surface area contributed by atoms with Gasteiger partial charge in [0.2, 0.25) is 0 Å². The monoisotopic (exact) mass is 467 g/mol. The van der Waals surface area contributed by atoms with Crippen molar-refractivity contribution in [2.24, 2.45) is 23.7 Å². The van der Waals surface area contributed by atoms with E-state index in [0.717, 1.165) is 0 Å². The van der Waals surface area contributed by atoms with Crippen molar-refractivity contribution in [2.45, 2.75) is 91.1 Å². The predicted octanol–water partition coefficient (Wildman–Crippen LogP) is 2.37. The van der Waals surface area contributed by atoms with E-state index in [4.69, 9.17) is 14.2 Å². The van der Waals surface area contributed by atoms with Gasteiger partial charge < -0.3 is 24.2 Å². The van der Waals surface area contributed by atoms with Gasteiger partial charge in [-0.3, -0.25) is 14.4 Å². The average molecular weight is 468 g/mol. The van der Waals surface area contributed by atoms with Crippen LogP contribution < -0.4 is 0 Å². The van der Waals surface area contributed by atoms with Gasteiger partial charge in [-0.05, 0) is 59.7 Å². The molecule has 0 saturated carbocycles. The molecule has 1 N–H and O–H groups in total. The number of Topliss-reactive ketones (excluding diaryl/α,β-unsaturated/α-hetero) is 1. The van der Waals surface area contributed by atoms with E-state index in [1.165, 1.54) is 13.0 Å². The van der Waals surface area contributed by atoms with E-state index >= 15 is 0 Å². The maximum absolute atomic E-state index is 13.1. The summed E-state index contributed by atoms with van der Waals surface area (Å²) in [5.41, 5.74) is 0. The molecular formula is C25H41NO7. The minimum Gasteiger partial charge on any atom is -0.453 e. The number of ether oxygens (including phenoxy) is 3. The second-order valence-corrected chi connectivity index (χ2v) is 10.2. The number of aliphatic hydroxyl groups is 1. The third-order valence-corrected chi connectivity index (χ3v) is 6.89. The van der Waals surface area contributed by atoms with Gasteiger partial charge in [0.15, 0.2) is 24.0 Å². The number of esters is 1. The van der Waals surface area contributed by atoms with Crippen LogP contribution >= 0.6 is 0 Å². The van der Waals surface area contributed by atoms with E-state index in [1.807, 2.05) is 39.8 Å². The number of carbonyl (C=O) groups excluding carboxylic acids is 3. The van der Waals surface area contributed by atoms with Crippen LogP contribution in [0, 0.1) is 23.7 Å². The zero-order chi connectivity index (χ0) is 25.0. The summed E-state index contributed by atoms with van der Waals surface area (Å²) in [7, 11) is 3.79. The van der Waals surface area contributed by atoms with Gasteiger partial charge in [0.05, 0.1) is 18.1 Å². The molecule has 2 aliphatic heterocycles. The maximum Gasteiger partial charge on any atom is 0.312 e.